The summed E-state index contributed by atoms with van der Waals surface area (Å²) in [5.74, 6) is 1.30. The summed E-state index contributed by atoms with van der Waals surface area (Å²) in [6.07, 6.45) is 2.97. The molecule has 1 aromatic rings. The SMILES string of the molecule is CN(C)c1ccc(NC(=O)N[C@@H]2[C@@H]3CCO[C@@H]3C2(C)C)cn1. The van der Waals surface area contributed by atoms with E-state index >= 15 is 0 Å². The Labute approximate surface area is 131 Å². The Hall–Kier alpha value is -1.82. The summed E-state index contributed by atoms with van der Waals surface area (Å²) in [6.45, 7) is 5.10. The Balaban J connectivity index is 1.58. The van der Waals surface area contributed by atoms with Gasteiger partial charge in [0, 0.05) is 38.1 Å². The Morgan fingerprint density at radius 2 is 2.18 bits per heavy atom. The van der Waals surface area contributed by atoms with Gasteiger partial charge in [-0.3, -0.25) is 0 Å². The number of hydrogen-bond acceptors (Lipinski definition) is 4. The molecule has 1 saturated carbocycles. The molecule has 3 atom stereocenters. The molecule has 2 N–H and O–H groups in total. The third-order valence-electron chi connectivity index (χ3n) is 4.85. The lowest BCUT2D eigenvalue weighted by Crippen LogP contribution is -2.67. The van der Waals surface area contributed by atoms with Crippen molar-refractivity contribution in [2.75, 3.05) is 30.9 Å². The topological polar surface area (TPSA) is 66.5 Å². The van der Waals surface area contributed by atoms with Crippen LogP contribution in [0.15, 0.2) is 18.3 Å². The smallest absolute Gasteiger partial charge is 0.319 e. The lowest BCUT2D eigenvalue weighted by atomic mass is 9.57. The summed E-state index contributed by atoms with van der Waals surface area (Å²) in [4.78, 5) is 18.4. The van der Waals surface area contributed by atoms with Crippen LogP contribution in [0.3, 0.4) is 0 Å². The molecule has 1 aliphatic heterocycles. The maximum atomic E-state index is 12.2. The Bertz CT molecular complexity index is 556. The molecule has 2 aliphatic rings. The number of amides is 2. The van der Waals surface area contributed by atoms with E-state index < -0.39 is 0 Å². The third kappa shape index (κ3) is 2.52. The second-order valence-electron chi connectivity index (χ2n) is 6.94. The highest BCUT2D eigenvalue weighted by Crippen LogP contribution is 2.52. The Kier molecular flexibility index (Phi) is 3.72. The first-order valence-electron chi connectivity index (χ1n) is 7.72. The number of carbonyl (C=O) groups is 1. The average Bonchev–Trinajstić information content (AvgIpc) is 2.92. The minimum Gasteiger partial charge on any atom is -0.377 e. The summed E-state index contributed by atoms with van der Waals surface area (Å²) in [6, 6.07) is 3.72. The molecular weight excluding hydrogens is 280 g/mol. The van der Waals surface area contributed by atoms with Gasteiger partial charge in [0.05, 0.1) is 18.0 Å². The van der Waals surface area contributed by atoms with Crippen LogP contribution in [-0.2, 0) is 4.74 Å². The molecule has 1 saturated heterocycles. The molecule has 1 aromatic heterocycles. The number of aromatic nitrogens is 1. The van der Waals surface area contributed by atoms with Gasteiger partial charge in [-0.05, 0) is 18.6 Å². The molecule has 0 radical (unpaired) electrons. The highest BCUT2D eigenvalue weighted by Gasteiger charge is 2.59. The Morgan fingerprint density at radius 3 is 2.82 bits per heavy atom. The van der Waals surface area contributed by atoms with Crippen LogP contribution < -0.4 is 15.5 Å². The fourth-order valence-corrected chi connectivity index (χ4v) is 3.65. The van der Waals surface area contributed by atoms with Crippen LogP contribution in [0.4, 0.5) is 16.3 Å². The number of fused-ring (bicyclic) bond motifs is 1. The van der Waals surface area contributed by atoms with Crippen molar-refractivity contribution in [3.63, 3.8) is 0 Å². The zero-order chi connectivity index (χ0) is 15.9. The zero-order valence-electron chi connectivity index (χ0n) is 13.6. The molecule has 3 rings (SSSR count). The normalized spacial score (nSPS) is 28.5. The summed E-state index contributed by atoms with van der Waals surface area (Å²) in [5.41, 5.74) is 0.686. The van der Waals surface area contributed by atoms with Crippen molar-refractivity contribution in [1.29, 1.82) is 0 Å². The molecule has 0 spiro atoms. The highest BCUT2D eigenvalue weighted by molar-refractivity contribution is 5.89. The van der Waals surface area contributed by atoms with Gasteiger partial charge in [-0.1, -0.05) is 13.8 Å². The van der Waals surface area contributed by atoms with E-state index in [-0.39, 0.29) is 23.6 Å². The van der Waals surface area contributed by atoms with E-state index in [1.54, 1.807) is 6.20 Å². The third-order valence-corrected chi connectivity index (χ3v) is 4.85. The van der Waals surface area contributed by atoms with E-state index in [0.717, 1.165) is 18.8 Å². The lowest BCUT2D eigenvalue weighted by Gasteiger charge is -2.54. The van der Waals surface area contributed by atoms with Crippen molar-refractivity contribution >= 4 is 17.5 Å². The second kappa shape index (κ2) is 5.43. The number of pyridine rings is 1. The van der Waals surface area contributed by atoms with Gasteiger partial charge < -0.3 is 20.3 Å². The van der Waals surface area contributed by atoms with Gasteiger partial charge >= 0.3 is 6.03 Å². The number of nitrogens with zero attached hydrogens (tertiary/aromatic N) is 2. The van der Waals surface area contributed by atoms with E-state index in [2.05, 4.69) is 29.5 Å². The molecule has 2 heterocycles. The quantitative estimate of drug-likeness (QED) is 0.897. The van der Waals surface area contributed by atoms with Gasteiger partial charge in [-0.25, -0.2) is 9.78 Å². The summed E-state index contributed by atoms with van der Waals surface area (Å²) < 4.78 is 5.75. The number of urea groups is 1. The van der Waals surface area contributed by atoms with E-state index in [1.165, 1.54) is 0 Å². The van der Waals surface area contributed by atoms with Crippen molar-refractivity contribution in [1.82, 2.24) is 10.3 Å². The number of ether oxygens (including phenoxy) is 1. The average molecular weight is 304 g/mol. The molecule has 6 nitrogen and oxygen atoms in total. The van der Waals surface area contributed by atoms with Gasteiger partial charge in [0.2, 0.25) is 0 Å². The highest BCUT2D eigenvalue weighted by atomic mass is 16.5. The molecule has 22 heavy (non-hydrogen) atoms. The predicted octanol–water partition coefficient (Wildman–Crippen LogP) is 2.08. The molecular formula is C16H24N4O2. The van der Waals surface area contributed by atoms with Crippen molar-refractivity contribution in [2.24, 2.45) is 11.3 Å². The number of anilines is 2. The van der Waals surface area contributed by atoms with Crippen LogP contribution in [0, 0.1) is 11.3 Å². The van der Waals surface area contributed by atoms with Crippen LogP contribution in [0.5, 0.6) is 0 Å². The van der Waals surface area contributed by atoms with E-state index in [4.69, 9.17) is 4.74 Å². The molecule has 1 aliphatic carbocycles. The molecule has 6 heteroatoms. The van der Waals surface area contributed by atoms with Crippen molar-refractivity contribution < 1.29 is 9.53 Å². The van der Waals surface area contributed by atoms with Gasteiger partial charge in [-0.2, -0.15) is 0 Å². The number of hydrogen-bond donors (Lipinski definition) is 2. The largest absolute Gasteiger partial charge is 0.377 e. The molecule has 120 valence electrons. The lowest BCUT2D eigenvalue weighted by molar-refractivity contribution is -0.107. The predicted molar refractivity (Wildman–Crippen MR) is 86.1 cm³/mol. The van der Waals surface area contributed by atoms with Crippen LogP contribution in [0.1, 0.15) is 20.3 Å². The molecule has 0 bridgehead atoms. The van der Waals surface area contributed by atoms with Crippen LogP contribution in [-0.4, -0.2) is 43.9 Å². The minimum atomic E-state index is -0.178. The zero-order valence-corrected chi connectivity index (χ0v) is 13.6. The molecule has 0 aromatic carbocycles. The standard InChI is InChI=1S/C16H24N4O2/c1-16(2)13(11-7-8-22-14(11)16)19-15(21)18-10-5-6-12(17-9-10)20(3)4/h5-6,9,11,13-14H,7-8H2,1-4H3,(H2,18,19,21)/t11-,13+,14-/m0/s1. The van der Waals surface area contributed by atoms with E-state index in [9.17, 15) is 4.79 Å². The monoisotopic (exact) mass is 304 g/mol. The number of rotatable bonds is 3. The first kappa shape index (κ1) is 15.1. The fourth-order valence-electron chi connectivity index (χ4n) is 3.65. The van der Waals surface area contributed by atoms with Crippen LogP contribution >= 0.6 is 0 Å². The van der Waals surface area contributed by atoms with E-state index in [1.807, 2.05) is 31.1 Å². The number of nitrogens with one attached hydrogen (secondary N) is 2. The van der Waals surface area contributed by atoms with Crippen molar-refractivity contribution in [3.05, 3.63) is 18.3 Å². The molecule has 0 unspecified atom stereocenters. The van der Waals surface area contributed by atoms with Gasteiger partial charge in [0.15, 0.2) is 0 Å². The first-order valence-corrected chi connectivity index (χ1v) is 7.72. The Morgan fingerprint density at radius 1 is 1.41 bits per heavy atom. The summed E-state index contributed by atoms with van der Waals surface area (Å²) in [7, 11) is 3.86. The number of carbonyl (C=O) groups excluding carboxylic acids is 1. The van der Waals surface area contributed by atoms with Crippen molar-refractivity contribution in [2.45, 2.75) is 32.4 Å². The minimum absolute atomic E-state index is 0.00840. The van der Waals surface area contributed by atoms with Gasteiger partial charge in [0.25, 0.3) is 0 Å². The summed E-state index contributed by atoms with van der Waals surface area (Å²) in [5, 5.41) is 5.95. The maximum Gasteiger partial charge on any atom is 0.319 e. The van der Waals surface area contributed by atoms with Gasteiger partial charge in [0.1, 0.15) is 5.82 Å². The second-order valence-corrected chi connectivity index (χ2v) is 6.94. The van der Waals surface area contributed by atoms with E-state index in [0.29, 0.717) is 11.6 Å². The van der Waals surface area contributed by atoms with Crippen molar-refractivity contribution in [3.8, 4) is 0 Å². The maximum absolute atomic E-state index is 12.2. The summed E-state index contributed by atoms with van der Waals surface area (Å²) >= 11 is 0. The molecule has 2 amide bonds. The molecule has 2 fully saturated rings. The fraction of sp³-hybridized carbons (Fsp3) is 0.625. The first-order chi connectivity index (χ1) is 10.4. The van der Waals surface area contributed by atoms with Gasteiger partial charge in [-0.15, -0.1) is 0 Å². The van der Waals surface area contributed by atoms with Crippen LogP contribution in [0.25, 0.3) is 0 Å². The van der Waals surface area contributed by atoms with Crippen LogP contribution in [0.2, 0.25) is 0 Å².